The average molecular weight is 355 g/mol. The van der Waals surface area contributed by atoms with E-state index in [0.717, 1.165) is 43.7 Å². The van der Waals surface area contributed by atoms with E-state index in [0.29, 0.717) is 6.54 Å². The maximum absolute atomic E-state index is 12.3. The molecule has 0 aromatic carbocycles. The highest BCUT2D eigenvalue weighted by Crippen LogP contribution is 2.39. The van der Waals surface area contributed by atoms with Crippen LogP contribution in [-0.2, 0) is 11.3 Å². The van der Waals surface area contributed by atoms with E-state index in [9.17, 15) is 4.79 Å². The van der Waals surface area contributed by atoms with Gasteiger partial charge >= 0.3 is 6.03 Å². The molecule has 0 radical (unpaired) electrons. The first kappa shape index (κ1) is 17.0. The Morgan fingerprint density at radius 1 is 1.35 bits per heavy atom. The van der Waals surface area contributed by atoms with Crippen molar-refractivity contribution in [2.75, 3.05) is 6.61 Å². The van der Waals surface area contributed by atoms with Gasteiger partial charge in [0.1, 0.15) is 0 Å². The van der Waals surface area contributed by atoms with Gasteiger partial charge in [0.15, 0.2) is 5.82 Å². The molecular formula is C19H25N5O2. The summed E-state index contributed by atoms with van der Waals surface area (Å²) in [6, 6.07) is 5.75. The second-order valence-electron chi connectivity index (χ2n) is 7.23. The van der Waals surface area contributed by atoms with Crippen LogP contribution in [0.2, 0.25) is 0 Å². The third-order valence-corrected chi connectivity index (χ3v) is 5.35. The van der Waals surface area contributed by atoms with E-state index >= 15 is 0 Å². The molecule has 4 rings (SSSR count). The Balaban J connectivity index is 1.29. The zero-order valence-electron chi connectivity index (χ0n) is 14.9. The number of ether oxygens (including phenoxy) is 1. The Morgan fingerprint density at radius 3 is 3.04 bits per heavy atom. The van der Waals surface area contributed by atoms with Gasteiger partial charge in [-0.15, -0.1) is 0 Å². The van der Waals surface area contributed by atoms with Crippen LogP contribution in [0.3, 0.4) is 0 Å². The SMILES string of the molecule is O=C(NCc1ccnc(-n2cccn2)c1)NC1CCOC2(CCCC2)C1. The van der Waals surface area contributed by atoms with Gasteiger partial charge < -0.3 is 15.4 Å². The van der Waals surface area contributed by atoms with E-state index < -0.39 is 0 Å². The first-order chi connectivity index (χ1) is 12.7. The van der Waals surface area contributed by atoms with Crippen LogP contribution in [-0.4, -0.2) is 39.0 Å². The third-order valence-electron chi connectivity index (χ3n) is 5.35. The summed E-state index contributed by atoms with van der Waals surface area (Å²) < 4.78 is 7.73. The number of carbonyl (C=O) groups excluding carboxylic acids is 1. The first-order valence-electron chi connectivity index (χ1n) is 9.36. The molecule has 2 aliphatic rings. The number of aromatic nitrogens is 3. The lowest BCUT2D eigenvalue weighted by Crippen LogP contribution is -2.49. The molecule has 1 aliphatic carbocycles. The summed E-state index contributed by atoms with van der Waals surface area (Å²) >= 11 is 0. The van der Waals surface area contributed by atoms with Crippen molar-refractivity contribution in [1.29, 1.82) is 0 Å². The van der Waals surface area contributed by atoms with Crippen molar-refractivity contribution in [2.45, 2.75) is 56.7 Å². The number of hydrogen-bond acceptors (Lipinski definition) is 4. The Hall–Kier alpha value is -2.41. The molecule has 26 heavy (non-hydrogen) atoms. The predicted molar refractivity (Wildman–Crippen MR) is 96.9 cm³/mol. The zero-order valence-corrected chi connectivity index (χ0v) is 14.9. The molecule has 7 nitrogen and oxygen atoms in total. The van der Waals surface area contributed by atoms with Gasteiger partial charge in [0.25, 0.3) is 0 Å². The summed E-state index contributed by atoms with van der Waals surface area (Å²) in [5, 5.41) is 10.2. The molecule has 0 bridgehead atoms. The highest BCUT2D eigenvalue weighted by atomic mass is 16.5. The molecule has 2 fully saturated rings. The monoisotopic (exact) mass is 355 g/mol. The minimum atomic E-state index is -0.123. The number of nitrogens with one attached hydrogen (secondary N) is 2. The van der Waals surface area contributed by atoms with Crippen molar-refractivity contribution in [1.82, 2.24) is 25.4 Å². The second kappa shape index (κ2) is 7.45. The van der Waals surface area contributed by atoms with Crippen LogP contribution in [0, 0.1) is 0 Å². The lowest BCUT2D eigenvalue weighted by Gasteiger charge is -2.38. The van der Waals surface area contributed by atoms with E-state index in [-0.39, 0.29) is 17.7 Å². The summed E-state index contributed by atoms with van der Waals surface area (Å²) in [4.78, 5) is 16.6. The van der Waals surface area contributed by atoms with Gasteiger partial charge in [0, 0.05) is 37.8 Å². The Morgan fingerprint density at radius 2 is 2.23 bits per heavy atom. The van der Waals surface area contributed by atoms with Crippen LogP contribution in [0.15, 0.2) is 36.8 Å². The third kappa shape index (κ3) is 3.88. The minimum absolute atomic E-state index is 0.0139. The van der Waals surface area contributed by atoms with Gasteiger partial charge in [-0.1, -0.05) is 12.8 Å². The van der Waals surface area contributed by atoms with E-state index in [4.69, 9.17) is 4.74 Å². The lowest BCUT2D eigenvalue weighted by molar-refractivity contribution is -0.0820. The molecule has 1 spiro atoms. The van der Waals surface area contributed by atoms with Crippen molar-refractivity contribution in [3.63, 3.8) is 0 Å². The average Bonchev–Trinajstić information content (AvgIpc) is 3.33. The van der Waals surface area contributed by atoms with Crippen molar-refractivity contribution in [3.05, 3.63) is 42.4 Å². The molecule has 2 aromatic heterocycles. The van der Waals surface area contributed by atoms with E-state index in [2.05, 4.69) is 20.7 Å². The van der Waals surface area contributed by atoms with Gasteiger partial charge in [-0.05, 0) is 49.4 Å². The normalized spacial score (nSPS) is 21.6. The van der Waals surface area contributed by atoms with E-state index in [1.807, 2.05) is 24.4 Å². The number of pyridine rings is 1. The van der Waals surface area contributed by atoms with Gasteiger partial charge in [-0.25, -0.2) is 14.5 Å². The predicted octanol–water partition coefficient (Wildman–Crippen LogP) is 2.56. The molecule has 1 saturated heterocycles. The molecule has 1 atom stereocenters. The van der Waals surface area contributed by atoms with Gasteiger partial charge in [-0.3, -0.25) is 0 Å². The Bertz CT molecular complexity index is 740. The van der Waals surface area contributed by atoms with E-state index in [1.165, 1.54) is 12.8 Å². The van der Waals surface area contributed by atoms with E-state index in [1.54, 1.807) is 17.1 Å². The minimum Gasteiger partial charge on any atom is -0.375 e. The van der Waals surface area contributed by atoms with Gasteiger partial charge in [0.05, 0.1) is 5.60 Å². The first-order valence-corrected chi connectivity index (χ1v) is 9.36. The largest absolute Gasteiger partial charge is 0.375 e. The van der Waals surface area contributed by atoms with Crippen LogP contribution < -0.4 is 10.6 Å². The highest BCUT2D eigenvalue weighted by molar-refractivity contribution is 5.74. The van der Waals surface area contributed by atoms with Gasteiger partial charge in [0.2, 0.25) is 0 Å². The van der Waals surface area contributed by atoms with Gasteiger partial charge in [-0.2, -0.15) is 5.10 Å². The molecule has 138 valence electrons. The summed E-state index contributed by atoms with van der Waals surface area (Å²) in [7, 11) is 0. The molecule has 1 aliphatic heterocycles. The number of hydrogen-bond donors (Lipinski definition) is 2. The summed E-state index contributed by atoms with van der Waals surface area (Å²) in [5.41, 5.74) is 1.000. The topological polar surface area (TPSA) is 81.1 Å². The maximum Gasteiger partial charge on any atom is 0.315 e. The van der Waals surface area contributed by atoms with Crippen molar-refractivity contribution in [2.24, 2.45) is 0 Å². The smallest absolute Gasteiger partial charge is 0.315 e. The molecular weight excluding hydrogens is 330 g/mol. The summed E-state index contributed by atoms with van der Waals surface area (Å²) in [6.45, 7) is 1.19. The molecule has 1 unspecified atom stereocenters. The van der Waals surface area contributed by atoms with Crippen molar-refractivity contribution in [3.8, 4) is 5.82 Å². The Labute approximate surface area is 153 Å². The fourth-order valence-corrected chi connectivity index (χ4v) is 4.04. The summed E-state index contributed by atoms with van der Waals surface area (Å²) in [5.74, 6) is 0.738. The number of carbonyl (C=O) groups is 1. The fraction of sp³-hybridized carbons (Fsp3) is 0.526. The molecule has 2 N–H and O–H groups in total. The zero-order chi connectivity index (χ0) is 17.8. The molecule has 2 aromatic rings. The van der Waals surface area contributed by atoms with Crippen LogP contribution >= 0.6 is 0 Å². The molecule has 3 heterocycles. The fourth-order valence-electron chi connectivity index (χ4n) is 4.04. The van der Waals surface area contributed by atoms with Crippen LogP contribution in [0.1, 0.15) is 44.1 Å². The number of amides is 2. The second-order valence-corrected chi connectivity index (χ2v) is 7.23. The number of urea groups is 1. The quantitative estimate of drug-likeness (QED) is 0.883. The maximum atomic E-state index is 12.3. The van der Waals surface area contributed by atoms with Crippen LogP contribution in [0.5, 0.6) is 0 Å². The number of nitrogens with zero attached hydrogens (tertiary/aromatic N) is 3. The molecule has 1 saturated carbocycles. The highest BCUT2D eigenvalue weighted by Gasteiger charge is 2.40. The van der Waals surface area contributed by atoms with Crippen LogP contribution in [0.25, 0.3) is 5.82 Å². The molecule has 2 amide bonds. The summed E-state index contributed by atoms with van der Waals surface area (Å²) in [6.07, 6.45) is 11.8. The molecule has 7 heteroatoms. The Kier molecular flexibility index (Phi) is 4.88. The standard InChI is InChI=1S/C19H25N5O2/c25-18(23-16-5-11-26-19(13-16)6-1-2-7-19)21-14-15-4-9-20-17(12-15)24-10-3-8-22-24/h3-4,8-10,12,16H,1-2,5-7,11,13-14H2,(H2,21,23,25). The number of rotatable bonds is 4. The van der Waals surface area contributed by atoms with Crippen molar-refractivity contribution < 1.29 is 9.53 Å². The lowest BCUT2D eigenvalue weighted by atomic mass is 9.89. The van der Waals surface area contributed by atoms with Crippen LogP contribution in [0.4, 0.5) is 4.79 Å². The van der Waals surface area contributed by atoms with Crippen molar-refractivity contribution >= 4 is 6.03 Å².